The third kappa shape index (κ3) is 5.94. The molecule has 0 fully saturated rings. The number of halogens is 2. The highest BCUT2D eigenvalue weighted by Gasteiger charge is 2.23. The molecule has 0 bridgehead atoms. The summed E-state index contributed by atoms with van der Waals surface area (Å²) >= 11 is 11.9. The van der Waals surface area contributed by atoms with Crippen molar-refractivity contribution in [1.82, 2.24) is 5.32 Å². The van der Waals surface area contributed by atoms with Gasteiger partial charge < -0.3 is 10.1 Å². The molecule has 21 heavy (non-hydrogen) atoms. The number of hydrogen-bond donors (Lipinski definition) is 1. The van der Waals surface area contributed by atoms with Crippen molar-refractivity contribution < 1.29 is 14.3 Å². The van der Waals surface area contributed by atoms with Gasteiger partial charge in [0.1, 0.15) is 6.04 Å². The minimum Gasteiger partial charge on any atom is -0.467 e. The minimum atomic E-state index is -0.764. The second kappa shape index (κ2) is 8.25. The Labute approximate surface area is 134 Å². The molecule has 1 aromatic rings. The zero-order valence-corrected chi connectivity index (χ0v) is 13.8. The Hall–Kier alpha value is -1.26. The molecular weight excluding hydrogens is 313 g/mol. The fourth-order valence-corrected chi connectivity index (χ4v) is 2.35. The van der Waals surface area contributed by atoms with Gasteiger partial charge in [-0.15, -0.1) is 0 Å². The molecule has 1 aromatic carbocycles. The van der Waals surface area contributed by atoms with Gasteiger partial charge >= 0.3 is 5.97 Å². The first-order chi connectivity index (χ1) is 9.83. The van der Waals surface area contributed by atoms with Gasteiger partial charge in [0, 0.05) is 22.9 Å². The molecule has 4 nitrogen and oxygen atoms in total. The maximum Gasteiger partial charge on any atom is 0.328 e. The van der Waals surface area contributed by atoms with Crippen molar-refractivity contribution in [3.63, 3.8) is 0 Å². The van der Waals surface area contributed by atoms with Crippen LogP contribution in [0, 0.1) is 5.92 Å². The van der Waals surface area contributed by atoms with E-state index >= 15 is 0 Å². The molecule has 0 heterocycles. The van der Waals surface area contributed by atoms with Crippen LogP contribution < -0.4 is 5.32 Å². The second-order valence-electron chi connectivity index (χ2n) is 5.18. The summed E-state index contributed by atoms with van der Waals surface area (Å²) in [6.45, 7) is 3.87. The number of carbonyl (C=O) groups is 2. The van der Waals surface area contributed by atoms with Gasteiger partial charge in [-0.05, 0) is 23.6 Å². The number of rotatable bonds is 6. The number of esters is 1. The van der Waals surface area contributed by atoms with E-state index in [1.54, 1.807) is 18.2 Å². The standard InChI is InChI=1S/C15H19Cl2NO3/c1-9(2)6-14(19)18-13(15(20)21-3)7-10-4-5-11(16)8-12(10)17/h4-5,8-9,13H,6-7H2,1-3H3,(H,18,19)/t13-/m0/s1. The zero-order chi connectivity index (χ0) is 16.0. The maximum atomic E-state index is 11.8. The van der Waals surface area contributed by atoms with Crippen molar-refractivity contribution in [3.05, 3.63) is 33.8 Å². The molecule has 6 heteroatoms. The Balaban J connectivity index is 2.83. The van der Waals surface area contributed by atoms with Gasteiger partial charge in [0.05, 0.1) is 7.11 Å². The van der Waals surface area contributed by atoms with E-state index in [2.05, 4.69) is 5.32 Å². The Morgan fingerprint density at radius 3 is 2.48 bits per heavy atom. The van der Waals surface area contributed by atoms with Gasteiger partial charge in [-0.25, -0.2) is 4.79 Å². The molecule has 0 radical (unpaired) electrons. The Morgan fingerprint density at radius 2 is 1.95 bits per heavy atom. The van der Waals surface area contributed by atoms with Crippen molar-refractivity contribution in [2.24, 2.45) is 5.92 Å². The summed E-state index contributed by atoms with van der Waals surface area (Å²) in [7, 11) is 1.29. The number of carbonyl (C=O) groups excluding carboxylic acids is 2. The average Bonchev–Trinajstić information content (AvgIpc) is 2.39. The predicted octanol–water partition coefficient (Wildman–Crippen LogP) is 3.24. The lowest BCUT2D eigenvalue weighted by molar-refractivity contribution is -0.145. The molecule has 0 aromatic heterocycles. The van der Waals surface area contributed by atoms with E-state index in [4.69, 9.17) is 27.9 Å². The van der Waals surface area contributed by atoms with Gasteiger partial charge in [-0.1, -0.05) is 43.1 Å². The van der Waals surface area contributed by atoms with Gasteiger partial charge in [0.25, 0.3) is 0 Å². The topological polar surface area (TPSA) is 55.4 Å². The highest BCUT2D eigenvalue weighted by atomic mass is 35.5. The molecule has 1 atom stereocenters. The van der Waals surface area contributed by atoms with Crippen molar-refractivity contribution in [2.75, 3.05) is 7.11 Å². The second-order valence-corrected chi connectivity index (χ2v) is 6.02. The van der Waals surface area contributed by atoms with Crippen LogP contribution in [0.25, 0.3) is 0 Å². The van der Waals surface area contributed by atoms with Crippen molar-refractivity contribution in [2.45, 2.75) is 32.7 Å². The van der Waals surface area contributed by atoms with Crippen molar-refractivity contribution in [3.8, 4) is 0 Å². The summed E-state index contributed by atoms with van der Waals surface area (Å²) in [5, 5.41) is 3.65. The van der Waals surface area contributed by atoms with E-state index in [-0.39, 0.29) is 18.2 Å². The monoisotopic (exact) mass is 331 g/mol. The quantitative estimate of drug-likeness (QED) is 0.814. The number of benzene rings is 1. The summed E-state index contributed by atoms with van der Waals surface area (Å²) in [6, 6.07) is 4.25. The zero-order valence-electron chi connectivity index (χ0n) is 12.3. The highest BCUT2D eigenvalue weighted by molar-refractivity contribution is 6.35. The smallest absolute Gasteiger partial charge is 0.328 e. The summed E-state index contributed by atoms with van der Waals surface area (Å²) in [4.78, 5) is 23.7. The van der Waals surface area contributed by atoms with Crippen molar-refractivity contribution >= 4 is 35.1 Å². The van der Waals surface area contributed by atoms with E-state index < -0.39 is 12.0 Å². The summed E-state index contributed by atoms with van der Waals surface area (Å²) in [6.07, 6.45) is 0.606. The number of amides is 1. The number of ether oxygens (including phenoxy) is 1. The molecular formula is C15H19Cl2NO3. The van der Waals surface area contributed by atoms with Crippen LogP contribution in [0.3, 0.4) is 0 Å². The number of nitrogens with one attached hydrogen (secondary N) is 1. The molecule has 1 N–H and O–H groups in total. The van der Waals surface area contributed by atoms with E-state index in [0.29, 0.717) is 16.5 Å². The average molecular weight is 332 g/mol. The van der Waals surface area contributed by atoms with Crippen LogP contribution >= 0.6 is 23.2 Å². The molecule has 0 unspecified atom stereocenters. The SMILES string of the molecule is COC(=O)[C@H](Cc1ccc(Cl)cc1Cl)NC(=O)CC(C)C. The fourth-order valence-electron chi connectivity index (χ4n) is 1.87. The molecule has 0 aliphatic heterocycles. The van der Waals surface area contributed by atoms with Crippen LogP contribution in [0.4, 0.5) is 0 Å². The Bertz CT molecular complexity index is 518. The van der Waals surface area contributed by atoms with E-state index in [1.807, 2.05) is 13.8 Å². The predicted molar refractivity (Wildman–Crippen MR) is 83.6 cm³/mol. The lowest BCUT2D eigenvalue weighted by atomic mass is 10.0. The van der Waals surface area contributed by atoms with Crippen LogP contribution in [0.15, 0.2) is 18.2 Å². The Morgan fingerprint density at radius 1 is 1.29 bits per heavy atom. The molecule has 116 valence electrons. The maximum absolute atomic E-state index is 11.8. The molecule has 0 saturated heterocycles. The first-order valence-electron chi connectivity index (χ1n) is 6.64. The molecule has 0 spiro atoms. The third-order valence-electron chi connectivity index (χ3n) is 2.85. The highest BCUT2D eigenvalue weighted by Crippen LogP contribution is 2.22. The summed E-state index contributed by atoms with van der Waals surface area (Å²) < 4.78 is 4.73. The minimum absolute atomic E-state index is 0.189. The lowest BCUT2D eigenvalue weighted by Crippen LogP contribution is -2.43. The first-order valence-corrected chi connectivity index (χ1v) is 7.40. The fraction of sp³-hybridized carbons (Fsp3) is 0.467. The van der Waals surface area contributed by atoms with Crippen LogP contribution in [0.1, 0.15) is 25.8 Å². The lowest BCUT2D eigenvalue weighted by Gasteiger charge is -2.18. The molecule has 1 rings (SSSR count). The van der Waals surface area contributed by atoms with E-state index in [9.17, 15) is 9.59 Å². The molecule has 0 aliphatic carbocycles. The normalized spacial score (nSPS) is 12.1. The van der Waals surface area contributed by atoms with Gasteiger partial charge in [0.2, 0.25) is 5.91 Å². The van der Waals surface area contributed by atoms with Crippen LogP contribution in [0.2, 0.25) is 10.0 Å². The van der Waals surface area contributed by atoms with Gasteiger partial charge in [-0.3, -0.25) is 4.79 Å². The number of hydrogen-bond acceptors (Lipinski definition) is 3. The third-order valence-corrected chi connectivity index (χ3v) is 3.44. The van der Waals surface area contributed by atoms with Crippen LogP contribution in [-0.2, 0) is 20.7 Å². The van der Waals surface area contributed by atoms with E-state index in [1.165, 1.54) is 7.11 Å². The van der Waals surface area contributed by atoms with Crippen molar-refractivity contribution in [1.29, 1.82) is 0 Å². The van der Waals surface area contributed by atoms with Crippen LogP contribution in [-0.4, -0.2) is 25.0 Å². The van der Waals surface area contributed by atoms with Gasteiger partial charge in [-0.2, -0.15) is 0 Å². The molecule has 0 saturated carbocycles. The van der Waals surface area contributed by atoms with Gasteiger partial charge in [0.15, 0.2) is 0 Å². The molecule has 0 aliphatic rings. The number of methoxy groups -OCH3 is 1. The molecule has 1 amide bonds. The van der Waals surface area contributed by atoms with E-state index in [0.717, 1.165) is 5.56 Å². The van der Waals surface area contributed by atoms with Crippen LogP contribution in [0.5, 0.6) is 0 Å². The Kier molecular flexibility index (Phi) is 6.99. The first kappa shape index (κ1) is 17.8. The summed E-state index contributed by atoms with van der Waals surface area (Å²) in [5.74, 6) is -0.481. The largest absolute Gasteiger partial charge is 0.467 e. The summed E-state index contributed by atoms with van der Waals surface area (Å²) in [5.41, 5.74) is 0.723.